The normalized spacial score (nSPS) is 16.5. The van der Waals surface area contributed by atoms with Crippen molar-refractivity contribution in [3.05, 3.63) is 48.3 Å². The quantitative estimate of drug-likeness (QED) is 0.609. The molecule has 4 rings (SSSR count). The standard InChI is InChI=1S/C22H29N7O2/c1-16-20(17-13-23-27(2)14-17)26-29(19-7-5-4-6-8-19)21(16)25-22(30)24-18-9-10-28(15-18)11-12-31-3/h4-8,13-14,18H,9-12,15H2,1-3H3,(H2,24,25,30)/t18-/m0/s1. The van der Waals surface area contributed by atoms with Crippen LogP contribution < -0.4 is 10.6 Å². The lowest BCUT2D eigenvalue weighted by molar-refractivity contribution is 0.160. The highest BCUT2D eigenvalue weighted by Crippen LogP contribution is 2.30. The maximum Gasteiger partial charge on any atom is 0.320 e. The first kappa shape index (κ1) is 21.1. The lowest BCUT2D eigenvalue weighted by Gasteiger charge is -2.17. The molecule has 0 unspecified atom stereocenters. The van der Waals surface area contributed by atoms with Crippen LogP contribution in [0.3, 0.4) is 0 Å². The Morgan fingerprint density at radius 1 is 1.29 bits per heavy atom. The van der Waals surface area contributed by atoms with E-state index in [1.54, 1.807) is 22.7 Å². The van der Waals surface area contributed by atoms with Crippen molar-refractivity contribution < 1.29 is 9.53 Å². The highest BCUT2D eigenvalue weighted by molar-refractivity contribution is 5.91. The van der Waals surface area contributed by atoms with Gasteiger partial charge in [0.25, 0.3) is 0 Å². The summed E-state index contributed by atoms with van der Waals surface area (Å²) in [4.78, 5) is 15.2. The summed E-state index contributed by atoms with van der Waals surface area (Å²) in [5.74, 6) is 0.650. The van der Waals surface area contributed by atoms with E-state index in [1.165, 1.54) is 0 Å². The van der Waals surface area contributed by atoms with E-state index in [0.717, 1.165) is 48.6 Å². The average Bonchev–Trinajstić information content (AvgIpc) is 3.47. The summed E-state index contributed by atoms with van der Waals surface area (Å²) in [5, 5.41) is 15.2. The summed E-state index contributed by atoms with van der Waals surface area (Å²) < 4.78 is 8.67. The number of urea groups is 1. The van der Waals surface area contributed by atoms with Gasteiger partial charge in [-0.2, -0.15) is 10.2 Å². The molecule has 31 heavy (non-hydrogen) atoms. The van der Waals surface area contributed by atoms with Crippen molar-refractivity contribution in [3.8, 4) is 16.9 Å². The molecule has 2 N–H and O–H groups in total. The molecule has 1 aromatic carbocycles. The number of ether oxygens (including phenoxy) is 1. The third-order valence-electron chi connectivity index (χ3n) is 5.55. The summed E-state index contributed by atoms with van der Waals surface area (Å²) in [7, 11) is 3.58. The van der Waals surface area contributed by atoms with Gasteiger partial charge in [0, 0.05) is 57.2 Å². The fraction of sp³-hybridized carbons (Fsp3) is 0.409. The van der Waals surface area contributed by atoms with Crippen molar-refractivity contribution >= 4 is 11.8 Å². The zero-order valence-corrected chi connectivity index (χ0v) is 18.2. The van der Waals surface area contributed by atoms with Crippen molar-refractivity contribution in [2.75, 3.05) is 38.7 Å². The van der Waals surface area contributed by atoms with Gasteiger partial charge in [0.05, 0.1) is 18.5 Å². The highest BCUT2D eigenvalue weighted by Gasteiger charge is 2.25. The first-order valence-corrected chi connectivity index (χ1v) is 10.5. The molecule has 1 atom stereocenters. The predicted octanol–water partition coefficient (Wildman–Crippen LogP) is 2.42. The summed E-state index contributed by atoms with van der Waals surface area (Å²) in [6.07, 6.45) is 4.62. The lowest BCUT2D eigenvalue weighted by Crippen LogP contribution is -2.40. The monoisotopic (exact) mass is 423 g/mol. The summed E-state index contributed by atoms with van der Waals surface area (Å²) in [5.41, 5.74) is 3.46. The average molecular weight is 424 g/mol. The molecule has 2 aromatic heterocycles. The zero-order chi connectivity index (χ0) is 21.8. The topological polar surface area (TPSA) is 89.2 Å². The fourth-order valence-electron chi connectivity index (χ4n) is 3.92. The minimum absolute atomic E-state index is 0.114. The second-order valence-corrected chi connectivity index (χ2v) is 7.85. The molecule has 0 saturated carbocycles. The van der Waals surface area contributed by atoms with Crippen LogP contribution in [-0.4, -0.2) is 69.9 Å². The maximum atomic E-state index is 12.9. The number of aromatic nitrogens is 4. The first-order chi connectivity index (χ1) is 15.0. The SMILES string of the molecule is COCCN1CC[C@H](NC(=O)Nc2c(C)c(-c3cnn(C)c3)nn2-c2ccccc2)C1. The number of amides is 2. The molecule has 9 nitrogen and oxygen atoms in total. The number of methoxy groups -OCH3 is 1. The number of carbonyl (C=O) groups excluding carboxylic acids is 1. The Morgan fingerprint density at radius 2 is 2.10 bits per heavy atom. The summed E-state index contributed by atoms with van der Waals surface area (Å²) >= 11 is 0. The molecule has 0 bridgehead atoms. The van der Waals surface area contributed by atoms with Crippen molar-refractivity contribution in [2.45, 2.75) is 19.4 Å². The maximum absolute atomic E-state index is 12.9. The molecule has 1 aliphatic heterocycles. The zero-order valence-electron chi connectivity index (χ0n) is 18.2. The number of rotatable bonds is 7. The number of likely N-dealkylation sites (tertiary alicyclic amines) is 1. The van der Waals surface area contributed by atoms with Gasteiger partial charge in [-0.25, -0.2) is 9.48 Å². The minimum Gasteiger partial charge on any atom is -0.383 e. The van der Waals surface area contributed by atoms with E-state index in [0.29, 0.717) is 12.4 Å². The van der Waals surface area contributed by atoms with Gasteiger partial charge in [-0.3, -0.25) is 14.9 Å². The van der Waals surface area contributed by atoms with Gasteiger partial charge in [0.1, 0.15) is 11.5 Å². The number of para-hydroxylation sites is 1. The molecule has 1 aliphatic rings. The van der Waals surface area contributed by atoms with E-state index in [9.17, 15) is 4.79 Å². The molecule has 0 radical (unpaired) electrons. The number of aryl methyl sites for hydroxylation is 1. The molecular formula is C22H29N7O2. The van der Waals surface area contributed by atoms with Gasteiger partial charge in [-0.15, -0.1) is 0 Å². The molecule has 164 valence electrons. The van der Waals surface area contributed by atoms with Crippen molar-refractivity contribution in [3.63, 3.8) is 0 Å². The minimum atomic E-state index is -0.225. The van der Waals surface area contributed by atoms with Crippen molar-refractivity contribution in [1.29, 1.82) is 0 Å². The van der Waals surface area contributed by atoms with Crippen molar-refractivity contribution in [2.24, 2.45) is 7.05 Å². The van der Waals surface area contributed by atoms with Gasteiger partial charge in [0.15, 0.2) is 0 Å². The molecule has 3 aromatic rings. The summed E-state index contributed by atoms with van der Waals surface area (Å²) in [6, 6.07) is 9.68. The molecule has 1 fully saturated rings. The van der Waals surface area contributed by atoms with Gasteiger partial charge in [-0.05, 0) is 25.5 Å². The molecule has 1 saturated heterocycles. The Kier molecular flexibility index (Phi) is 6.34. The van der Waals surface area contributed by atoms with Crippen LogP contribution in [-0.2, 0) is 11.8 Å². The van der Waals surface area contributed by atoms with Gasteiger partial charge < -0.3 is 10.1 Å². The van der Waals surface area contributed by atoms with Gasteiger partial charge >= 0.3 is 6.03 Å². The number of nitrogens with one attached hydrogen (secondary N) is 2. The van der Waals surface area contributed by atoms with Crippen LogP contribution in [0.4, 0.5) is 10.6 Å². The second-order valence-electron chi connectivity index (χ2n) is 7.85. The smallest absolute Gasteiger partial charge is 0.320 e. The molecule has 3 heterocycles. The van der Waals surface area contributed by atoms with Crippen LogP contribution in [0.15, 0.2) is 42.7 Å². The Labute approximate surface area is 182 Å². The van der Waals surface area contributed by atoms with E-state index in [-0.39, 0.29) is 12.1 Å². The second kappa shape index (κ2) is 9.32. The number of hydrogen-bond donors (Lipinski definition) is 2. The Morgan fingerprint density at radius 3 is 2.81 bits per heavy atom. The number of carbonyl (C=O) groups is 1. The third-order valence-corrected chi connectivity index (χ3v) is 5.55. The largest absolute Gasteiger partial charge is 0.383 e. The number of nitrogens with zero attached hydrogens (tertiary/aromatic N) is 5. The number of benzene rings is 1. The summed E-state index contributed by atoms with van der Waals surface area (Å²) in [6.45, 7) is 5.33. The van der Waals surface area contributed by atoms with Crippen LogP contribution in [0, 0.1) is 6.92 Å². The molecular weight excluding hydrogens is 394 g/mol. The Balaban J connectivity index is 1.54. The lowest BCUT2D eigenvalue weighted by atomic mass is 10.1. The van der Waals surface area contributed by atoms with E-state index in [4.69, 9.17) is 9.84 Å². The molecule has 0 spiro atoms. The van der Waals surface area contributed by atoms with Crippen LogP contribution in [0.25, 0.3) is 16.9 Å². The van der Waals surface area contributed by atoms with E-state index < -0.39 is 0 Å². The number of anilines is 1. The van der Waals surface area contributed by atoms with E-state index in [2.05, 4.69) is 20.6 Å². The van der Waals surface area contributed by atoms with Gasteiger partial charge in [-0.1, -0.05) is 18.2 Å². The first-order valence-electron chi connectivity index (χ1n) is 10.5. The number of hydrogen-bond acceptors (Lipinski definition) is 5. The molecule has 0 aliphatic carbocycles. The molecule has 2 amide bonds. The van der Waals surface area contributed by atoms with Crippen LogP contribution in [0.1, 0.15) is 12.0 Å². The van der Waals surface area contributed by atoms with E-state index >= 15 is 0 Å². The van der Waals surface area contributed by atoms with E-state index in [1.807, 2.05) is 50.5 Å². The predicted molar refractivity (Wildman–Crippen MR) is 119 cm³/mol. The van der Waals surface area contributed by atoms with Crippen LogP contribution in [0.5, 0.6) is 0 Å². The fourth-order valence-corrected chi connectivity index (χ4v) is 3.92. The highest BCUT2D eigenvalue weighted by atomic mass is 16.5. The van der Waals surface area contributed by atoms with Crippen LogP contribution >= 0.6 is 0 Å². The Bertz CT molecular complexity index is 1030. The van der Waals surface area contributed by atoms with Crippen LogP contribution in [0.2, 0.25) is 0 Å². The Hall–Kier alpha value is -3.17. The van der Waals surface area contributed by atoms with Gasteiger partial charge in [0.2, 0.25) is 0 Å². The van der Waals surface area contributed by atoms with Crippen molar-refractivity contribution in [1.82, 2.24) is 29.8 Å². The third kappa shape index (κ3) is 4.78. The molecule has 9 heteroatoms.